The second-order valence-electron chi connectivity index (χ2n) is 6.84. The van der Waals surface area contributed by atoms with E-state index in [-0.39, 0.29) is 11.8 Å². The molecule has 25 heavy (non-hydrogen) atoms. The number of aryl methyl sites for hydroxylation is 1. The average molecular weight is 360 g/mol. The lowest BCUT2D eigenvalue weighted by Crippen LogP contribution is -2.38. The number of carbonyl (C=O) groups excluding carboxylic acids is 1. The zero-order valence-electron chi connectivity index (χ0n) is 14.4. The van der Waals surface area contributed by atoms with Gasteiger partial charge in [-0.1, -0.05) is 12.5 Å². The Labute approximate surface area is 151 Å². The van der Waals surface area contributed by atoms with Crippen LogP contribution in [0.2, 0.25) is 0 Å². The number of tetrazole rings is 1. The Morgan fingerprint density at radius 3 is 3.00 bits per heavy atom. The topological polar surface area (TPSA) is 67.2 Å². The Morgan fingerprint density at radius 1 is 1.16 bits per heavy atom. The van der Waals surface area contributed by atoms with Crippen LogP contribution in [0.3, 0.4) is 0 Å². The zero-order chi connectivity index (χ0) is 17.1. The van der Waals surface area contributed by atoms with Crippen molar-refractivity contribution in [2.24, 2.45) is 0 Å². The van der Waals surface area contributed by atoms with Crippen molar-refractivity contribution >= 4 is 17.2 Å². The first-order valence-electron chi connectivity index (χ1n) is 9.11. The summed E-state index contributed by atoms with van der Waals surface area (Å²) in [6.07, 6.45) is 3.96. The molecular weight excluding hydrogens is 336 g/mol. The highest BCUT2D eigenvalue weighted by molar-refractivity contribution is 7.09. The van der Waals surface area contributed by atoms with Gasteiger partial charge in [0.25, 0.3) is 0 Å². The van der Waals surface area contributed by atoms with Crippen LogP contribution in [0.1, 0.15) is 42.3 Å². The lowest BCUT2D eigenvalue weighted by molar-refractivity contribution is -0.133. The molecule has 2 aromatic rings. The van der Waals surface area contributed by atoms with Crippen LogP contribution in [0.4, 0.5) is 0 Å². The molecule has 0 bridgehead atoms. The summed E-state index contributed by atoms with van der Waals surface area (Å²) in [5.74, 6) is 0.777. The quantitative estimate of drug-likeness (QED) is 0.834. The smallest absolute Gasteiger partial charge is 0.233 e. The molecule has 2 aliphatic heterocycles. The van der Waals surface area contributed by atoms with E-state index in [2.05, 4.69) is 37.9 Å². The van der Waals surface area contributed by atoms with Crippen molar-refractivity contribution in [3.8, 4) is 0 Å². The van der Waals surface area contributed by atoms with E-state index in [1.165, 1.54) is 4.88 Å². The van der Waals surface area contributed by atoms with Crippen LogP contribution < -0.4 is 0 Å². The summed E-state index contributed by atoms with van der Waals surface area (Å²) in [5.41, 5.74) is 0. The number of hydrogen-bond donors (Lipinski definition) is 0. The Hall–Kier alpha value is -1.80. The van der Waals surface area contributed by atoms with Gasteiger partial charge in [-0.2, -0.15) is 0 Å². The van der Waals surface area contributed by atoms with Crippen LogP contribution in [-0.2, 0) is 17.9 Å². The van der Waals surface area contributed by atoms with Crippen LogP contribution in [0.15, 0.2) is 17.5 Å². The number of nitrogens with zero attached hydrogens (tertiary/aromatic N) is 6. The molecule has 1 amide bonds. The highest BCUT2D eigenvalue weighted by atomic mass is 32.1. The molecule has 4 heterocycles. The monoisotopic (exact) mass is 360 g/mol. The van der Waals surface area contributed by atoms with E-state index < -0.39 is 0 Å². The van der Waals surface area contributed by atoms with E-state index in [0.29, 0.717) is 0 Å². The van der Waals surface area contributed by atoms with E-state index in [1.54, 1.807) is 11.3 Å². The molecule has 2 aliphatic rings. The van der Waals surface area contributed by atoms with E-state index in [0.717, 1.165) is 70.8 Å². The number of hydrogen-bond acceptors (Lipinski definition) is 6. The van der Waals surface area contributed by atoms with Gasteiger partial charge in [0.2, 0.25) is 5.91 Å². The molecule has 0 spiro atoms. The molecule has 0 radical (unpaired) electrons. The molecule has 1 atom stereocenters. The molecule has 0 saturated carbocycles. The highest BCUT2D eigenvalue weighted by Gasteiger charge is 2.32. The molecule has 134 valence electrons. The summed E-state index contributed by atoms with van der Waals surface area (Å²) in [5, 5.41) is 14.1. The van der Waals surface area contributed by atoms with Crippen LogP contribution in [0.25, 0.3) is 0 Å². The van der Waals surface area contributed by atoms with E-state index in [9.17, 15) is 4.79 Å². The molecule has 2 aromatic heterocycles. The number of rotatable bonds is 3. The van der Waals surface area contributed by atoms with Crippen LogP contribution in [0.5, 0.6) is 0 Å². The Kier molecular flexibility index (Phi) is 5.07. The Morgan fingerprint density at radius 2 is 2.12 bits per heavy atom. The minimum absolute atomic E-state index is 0.179. The first kappa shape index (κ1) is 16.7. The fourth-order valence-electron chi connectivity index (χ4n) is 3.79. The molecule has 1 unspecified atom stereocenters. The summed E-state index contributed by atoms with van der Waals surface area (Å²) in [6, 6.07) is 4.29. The van der Waals surface area contributed by atoms with Crippen LogP contribution in [0, 0.1) is 0 Å². The van der Waals surface area contributed by atoms with Crippen molar-refractivity contribution in [1.82, 2.24) is 30.0 Å². The maximum atomic E-state index is 13.1. The van der Waals surface area contributed by atoms with Crippen molar-refractivity contribution in [2.75, 3.05) is 26.2 Å². The lowest BCUT2D eigenvalue weighted by atomic mass is 10.0. The Balaban J connectivity index is 1.41. The van der Waals surface area contributed by atoms with Gasteiger partial charge >= 0.3 is 0 Å². The summed E-state index contributed by atoms with van der Waals surface area (Å²) in [6.45, 7) is 5.41. The van der Waals surface area contributed by atoms with Gasteiger partial charge in [-0.3, -0.25) is 9.69 Å². The number of carbonyl (C=O) groups is 1. The predicted octanol–water partition coefficient (Wildman–Crippen LogP) is 1.74. The average Bonchev–Trinajstić information content (AvgIpc) is 3.19. The third kappa shape index (κ3) is 3.74. The fourth-order valence-corrected chi connectivity index (χ4v) is 4.53. The molecule has 1 fully saturated rings. The molecule has 8 heteroatoms. The number of fused-ring (bicyclic) bond motifs is 1. The maximum Gasteiger partial charge on any atom is 0.233 e. The molecule has 4 rings (SSSR count). The van der Waals surface area contributed by atoms with Crippen molar-refractivity contribution < 1.29 is 4.79 Å². The molecule has 1 saturated heterocycles. The summed E-state index contributed by atoms with van der Waals surface area (Å²) in [7, 11) is 0. The predicted molar refractivity (Wildman–Crippen MR) is 95.2 cm³/mol. The zero-order valence-corrected chi connectivity index (χ0v) is 15.2. The second-order valence-corrected chi connectivity index (χ2v) is 7.88. The molecule has 0 aliphatic carbocycles. The fraction of sp³-hybridized carbons (Fsp3) is 0.647. The van der Waals surface area contributed by atoms with Crippen molar-refractivity contribution in [3.63, 3.8) is 0 Å². The van der Waals surface area contributed by atoms with Gasteiger partial charge in [-0.25, -0.2) is 4.68 Å². The minimum Gasteiger partial charge on any atom is -0.341 e. The van der Waals surface area contributed by atoms with Gasteiger partial charge in [0.1, 0.15) is 0 Å². The van der Waals surface area contributed by atoms with Gasteiger partial charge in [0, 0.05) is 44.1 Å². The third-order valence-electron chi connectivity index (χ3n) is 5.14. The summed E-state index contributed by atoms with van der Waals surface area (Å²) in [4.78, 5) is 19.0. The van der Waals surface area contributed by atoms with Crippen molar-refractivity contribution in [1.29, 1.82) is 0 Å². The van der Waals surface area contributed by atoms with E-state index >= 15 is 0 Å². The molecular formula is C17H24N6OS. The van der Waals surface area contributed by atoms with E-state index in [1.807, 2.05) is 9.58 Å². The largest absolute Gasteiger partial charge is 0.341 e. The molecule has 0 aromatic carbocycles. The first-order valence-corrected chi connectivity index (χ1v) is 9.99. The second kappa shape index (κ2) is 7.61. The van der Waals surface area contributed by atoms with Crippen molar-refractivity contribution in [2.45, 2.75) is 44.7 Å². The van der Waals surface area contributed by atoms with Gasteiger partial charge in [-0.15, -0.1) is 16.4 Å². The van der Waals surface area contributed by atoms with Gasteiger partial charge in [0.15, 0.2) is 5.82 Å². The number of thiophene rings is 1. The van der Waals surface area contributed by atoms with Gasteiger partial charge in [-0.05, 0) is 41.1 Å². The highest BCUT2D eigenvalue weighted by Crippen LogP contribution is 2.26. The SMILES string of the molecule is O=C(C1CCCCn2nnnc21)N1CCCN(Cc2cccs2)CC1. The minimum atomic E-state index is -0.179. The van der Waals surface area contributed by atoms with Crippen molar-refractivity contribution in [3.05, 3.63) is 28.2 Å². The standard InChI is InChI=1S/C17H24N6OS/c24-17(15-6-1-2-9-23-16(15)18-19-20-23)22-8-4-7-21(10-11-22)13-14-5-3-12-25-14/h3,5,12,15H,1-2,4,6-11,13H2. The number of aromatic nitrogens is 4. The van der Waals surface area contributed by atoms with Gasteiger partial charge < -0.3 is 4.90 Å². The Bertz CT molecular complexity index is 700. The van der Waals surface area contributed by atoms with E-state index in [4.69, 9.17) is 0 Å². The van der Waals surface area contributed by atoms with Crippen LogP contribution >= 0.6 is 11.3 Å². The third-order valence-corrected chi connectivity index (χ3v) is 6.00. The lowest BCUT2D eigenvalue weighted by Gasteiger charge is -2.25. The maximum absolute atomic E-state index is 13.1. The summed E-state index contributed by atoms with van der Waals surface area (Å²) < 4.78 is 1.82. The van der Waals surface area contributed by atoms with Crippen LogP contribution in [-0.4, -0.2) is 62.1 Å². The molecule has 7 nitrogen and oxygen atoms in total. The summed E-state index contributed by atoms with van der Waals surface area (Å²) >= 11 is 1.80. The normalized spacial score (nSPS) is 22.2. The van der Waals surface area contributed by atoms with Gasteiger partial charge in [0.05, 0.1) is 5.92 Å². The number of amides is 1. The first-order chi connectivity index (χ1) is 12.3. The molecule has 0 N–H and O–H groups in total.